The number of hydrogen-bond acceptors (Lipinski definition) is 3. The fourth-order valence-corrected chi connectivity index (χ4v) is 2.94. The summed E-state index contributed by atoms with van der Waals surface area (Å²) in [6.07, 6.45) is 5.46. The van der Waals surface area contributed by atoms with E-state index < -0.39 is 0 Å². The van der Waals surface area contributed by atoms with E-state index >= 15 is 0 Å². The van der Waals surface area contributed by atoms with Gasteiger partial charge >= 0.3 is 0 Å². The van der Waals surface area contributed by atoms with Gasteiger partial charge in [-0.3, -0.25) is 9.38 Å². The molecule has 5 heteroatoms. The maximum Gasteiger partial charge on any atom is 0.157 e. The Kier molecular flexibility index (Phi) is 3.78. The van der Waals surface area contributed by atoms with E-state index in [1.165, 1.54) is 5.56 Å². The van der Waals surface area contributed by atoms with Crippen molar-refractivity contribution in [2.45, 2.75) is 6.92 Å². The standard InChI is InChI=1S/C19H15BrN4/c1-13-4-2-3-5-16(13)22-19-18(14-6-8-15(20)9-7-14)23-17-12-21-10-11-24(17)19/h2-12,22H,1H3. The lowest BCUT2D eigenvalue weighted by molar-refractivity contribution is 1.13. The Balaban J connectivity index is 1.90. The average molecular weight is 379 g/mol. The first-order valence-electron chi connectivity index (χ1n) is 7.63. The molecule has 0 amide bonds. The fraction of sp³-hybridized carbons (Fsp3) is 0.0526. The van der Waals surface area contributed by atoms with E-state index in [9.17, 15) is 0 Å². The molecule has 2 aromatic heterocycles. The molecule has 2 aromatic carbocycles. The van der Waals surface area contributed by atoms with Gasteiger partial charge in [0.05, 0.1) is 6.20 Å². The Morgan fingerprint density at radius 2 is 1.83 bits per heavy atom. The predicted octanol–water partition coefficient (Wildman–Crippen LogP) is 5.21. The molecule has 0 unspecified atom stereocenters. The monoisotopic (exact) mass is 378 g/mol. The molecule has 24 heavy (non-hydrogen) atoms. The van der Waals surface area contributed by atoms with E-state index in [1.807, 2.05) is 34.9 Å². The lowest BCUT2D eigenvalue weighted by Gasteiger charge is -2.11. The van der Waals surface area contributed by atoms with Crippen molar-refractivity contribution >= 4 is 33.1 Å². The molecule has 4 aromatic rings. The molecule has 0 radical (unpaired) electrons. The molecule has 0 saturated heterocycles. The van der Waals surface area contributed by atoms with E-state index in [2.05, 4.69) is 57.4 Å². The van der Waals surface area contributed by atoms with Crippen molar-refractivity contribution in [3.05, 3.63) is 77.2 Å². The zero-order chi connectivity index (χ0) is 16.5. The molecule has 0 spiro atoms. The van der Waals surface area contributed by atoms with Gasteiger partial charge in [0.15, 0.2) is 5.65 Å². The number of nitrogens with one attached hydrogen (secondary N) is 1. The SMILES string of the molecule is Cc1ccccc1Nc1c(-c2ccc(Br)cc2)nc2cnccn12. The number of imidazole rings is 1. The summed E-state index contributed by atoms with van der Waals surface area (Å²) in [7, 11) is 0. The Bertz CT molecular complexity index is 1010. The molecule has 0 atom stereocenters. The summed E-state index contributed by atoms with van der Waals surface area (Å²) in [5.74, 6) is 0.934. The third-order valence-electron chi connectivity index (χ3n) is 3.95. The van der Waals surface area contributed by atoms with Gasteiger partial charge in [0.1, 0.15) is 11.5 Å². The molecule has 1 N–H and O–H groups in total. The second-order valence-electron chi connectivity index (χ2n) is 5.56. The lowest BCUT2D eigenvalue weighted by Crippen LogP contribution is -1.98. The van der Waals surface area contributed by atoms with Crippen LogP contribution in [0.1, 0.15) is 5.56 Å². The van der Waals surface area contributed by atoms with Gasteiger partial charge in [-0.25, -0.2) is 4.98 Å². The van der Waals surface area contributed by atoms with Crippen LogP contribution in [0.25, 0.3) is 16.9 Å². The zero-order valence-corrected chi connectivity index (χ0v) is 14.7. The van der Waals surface area contributed by atoms with Crippen molar-refractivity contribution < 1.29 is 0 Å². The second kappa shape index (κ2) is 6.09. The largest absolute Gasteiger partial charge is 0.339 e. The van der Waals surface area contributed by atoms with Crippen LogP contribution in [0.2, 0.25) is 0 Å². The highest BCUT2D eigenvalue weighted by molar-refractivity contribution is 9.10. The fourth-order valence-electron chi connectivity index (χ4n) is 2.68. The summed E-state index contributed by atoms with van der Waals surface area (Å²) in [6.45, 7) is 2.09. The van der Waals surface area contributed by atoms with Gasteiger partial charge in [0, 0.05) is 28.1 Å². The van der Waals surface area contributed by atoms with Crippen LogP contribution in [-0.2, 0) is 0 Å². The van der Waals surface area contributed by atoms with Crippen LogP contribution < -0.4 is 5.32 Å². The molecule has 0 aliphatic carbocycles. The Hall–Kier alpha value is -2.66. The van der Waals surface area contributed by atoms with Crippen LogP contribution in [0.5, 0.6) is 0 Å². The molecule has 0 bridgehead atoms. The maximum absolute atomic E-state index is 4.76. The summed E-state index contributed by atoms with van der Waals surface area (Å²) in [4.78, 5) is 8.94. The van der Waals surface area contributed by atoms with E-state index in [4.69, 9.17) is 4.98 Å². The number of anilines is 2. The molecule has 4 nitrogen and oxygen atoms in total. The van der Waals surface area contributed by atoms with Crippen molar-refractivity contribution in [3.8, 4) is 11.3 Å². The summed E-state index contributed by atoms with van der Waals surface area (Å²) in [6, 6.07) is 16.4. The zero-order valence-electron chi connectivity index (χ0n) is 13.1. The van der Waals surface area contributed by atoms with Gasteiger partial charge in [-0.15, -0.1) is 0 Å². The van der Waals surface area contributed by atoms with Crippen molar-refractivity contribution in [2.24, 2.45) is 0 Å². The highest BCUT2D eigenvalue weighted by atomic mass is 79.9. The number of nitrogens with zero attached hydrogens (tertiary/aromatic N) is 3. The lowest BCUT2D eigenvalue weighted by atomic mass is 10.1. The van der Waals surface area contributed by atoms with E-state index in [-0.39, 0.29) is 0 Å². The quantitative estimate of drug-likeness (QED) is 0.531. The first-order chi connectivity index (χ1) is 11.7. The highest BCUT2D eigenvalue weighted by Gasteiger charge is 2.15. The third kappa shape index (κ3) is 2.67. The van der Waals surface area contributed by atoms with E-state index in [1.54, 1.807) is 12.4 Å². The number of halogens is 1. The van der Waals surface area contributed by atoms with Crippen molar-refractivity contribution in [2.75, 3.05) is 5.32 Å². The Labute approximate surface area is 148 Å². The van der Waals surface area contributed by atoms with Gasteiger partial charge < -0.3 is 5.32 Å². The summed E-state index contributed by atoms with van der Waals surface area (Å²) in [5.41, 5.74) is 5.01. The normalized spacial score (nSPS) is 10.9. The molecule has 2 heterocycles. The topological polar surface area (TPSA) is 42.2 Å². The Morgan fingerprint density at radius 3 is 2.62 bits per heavy atom. The maximum atomic E-state index is 4.76. The van der Waals surface area contributed by atoms with Gasteiger partial charge in [-0.2, -0.15) is 0 Å². The van der Waals surface area contributed by atoms with Crippen LogP contribution in [0.4, 0.5) is 11.5 Å². The molecule has 0 fully saturated rings. The molecule has 4 rings (SSSR count). The van der Waals surface area contributed by atoms with Crippen LogP contribution in [0.15, 0.2) is 71.6 Å². The van der Waals surface area contributed by atoms with Gasteiger partial charge in [0.2, 0.25) is 0 Å². The number of rotatable bonds is 3. The summed E-state index contributed by atoms with van der Waals surface area (Å²) < 4.78 is 3.07. The number of aryl methyl sites for hydroxylation is 1. The summed E-state index contributed by atoms with van der Waals surface area (Å²) in [5, 5.41) is 3.54. The van der Waals surface area contributed by atoms with E-state index in [0.29, 0.717) is 0 Å². The minimum atomic E-state index is 0.812. The van der Waals surface area contributed by atoms with E-state index in [0.717, 1.165) is 32.9 Å². The first-order valence-corrected chi connectivity index (χ1v) is 8.42. The van der Waals surface area contributed by atoms with Crippen LogP contribution in [0, 0.1) is 6.92 Å². The van der Waals surface area contributed by atoms with Crippen molar-refractivity contribution in [1.82, 2.24) is 14.4 Å². The smallest absolute Gasteiger partial charge is 0.157 e. The third-order valence-corrected chi connectivity index (χ3v) is 4.47. The minimum Gasteiger partial charge on any atom is -0.339 e. The number of fused-ring (bicyclic) bond motifs is 1. The summed E-state index contributed by atoms with van der Waals surface area (Å²) >= 11 is 3.48. The minimum absolute atomic E-state index is 0.812. The van der Waals surface area contributed by atoms with Crippen molar-refractivity contribution in [1.29, 1.82) is 0 Å². The predicted molar refractivity (Wildman–Crippen MR) is 101 cm³/mol. The molecule has 0 aliphatic rings. The highest BCUT2D eigenvalue weighted by Crippen LogP contribution is 2.32. The second-order valence-corrected chi connectivity index (χ2v) is 6.48. The Morgan fingerprint density at radius 1 is 1.04 bits per heavy atom. The van der Waals surface area contributed by atoms with Crippen LogP contribution in [-0.4, -0.2) is 14.4 Å². The number of aromatic nitrogens is 3. The van der Waals surface area contributed by atoms with Gasteiger partial charge in [-0.1, -0.05) is 46.3 Å². The average Bonchev–Trinajstić information content (AvgIpc) is 2.96. The number of hydrogen-bond donors (Lipinski definition) is 1. The number of para-hydroxylation sites is 1. The number of benzene rings is 2. The molecule has 0 saturated carbocycles. The van der Waals surface area contributed by atoms with Gasteiger partial charge in [-0.05, 0) is 30.7 Å². The van der Waals surface area contributed by atoms with Crippen molar-refractivity contribution in [3.63, 3.8) is 0 Å². The first kappa shape index (κ1) is 14.9. The molecule has 118 valence electrons. The molecular weight excluding hydrogens is 364 g/mol. The van der Waals surface area contributed by atoms with Gasteiger partial charge in [0.25, 0.3) is 0 Å². The van der Waals surface area contributed by atoms with Crippen LogP contribution >= 0.6 is 15.9 Å². The van der Waals surface area contributed by atoms with Crippen LogP contribution in [0.3, 0.4) is 0 Å². The molecule has 0 aliphatic heterocycles. The molecular formula is C19H15BrN4.